The lowest BCUT2D eigenvalue weighted by Crippen LogP contribution is -2.37. The molecule has 0 N–H and O–H groups in total. The van der Waals surface area contributed by atoms with Gasteiger partial charge in [0.05, 0.1) is 22.3 Å². The highest BCUT2D eigenvalue weighted by molar-refractivity contribution is 5.94. The molecule has 0 saturated carbocycles. The summed E-state index contributed by atoms with van der Waals surface area (Å²) < 4.78 is 2.48. The number of anilines is 3. The molecular formula is C49H36N2. The molecule has 7 aromatic carbocycles. The van der Waals surface area contributed by atoms with Crippen molar-refractivity contribution in [2.45, 2.75) is 18.3 Å². The van der Waals surface area contributed by atoms with Gasteiger partial charge in [-0.2, -0.15) is 0 Å². The van der Waals surface area contributed by atoms with Gasteiger partial charge in [-0.15, -0.1) is 0 Å². The van der Waals surface area contributed by atoms with E-state index >= 15 is 0 Å². The van der Waals surface area contributed by atoms with Gasteiger partial charge in [0.2, 0.25) is 0 Å². The Labute approximate surface area is 299 Å². The Hall–Kier alpha value is -6.38. The minimum atomic E-state index is -0.480. The minimum Gasteiger partial charge on any atom is -0.313 e. The van der Waals surface area contributed by atoms with Crippen LogP contribution in [0.15, 0.2) is 188 Å². The van der Waals surface area contributed by atoms with E-state index in [2.05, 4.69) is 204 Å². The van der Waals surface area contributed by atoms with Gasteiger partial charge in [-0.05, 0) is 88.7 Å². The summed E-state index contributed by atoms with van der Waals surface area (Å²) in [6.45, 7) is 0. The fourth-order valence-electron chi connectivity index (χ4n) is 8.80. The molecule has 0 saturated heterocycles. The Bertz CT molecular complexity index is 2500. The molecule has 0 spiro atoms. The molecule has 2 heteroatoms. The number of para-hydroxylation sites is 3. The molecule has 0 amide bonds. The van der Waals surface area contributed by atoms with Crippen molar-refractivity contribution >= 4 is 34.0 Å². The van der Waals surface area contributed by atoms with Gasteiger partial charge in [-0.3, -0.25) is 0 Å². The summed E-state index contributed by atoms with van der Waals surface area (Å²) in [5.74, 6) is 0. The van der Waals surface area contributed by atoms with Crippen LogP contribution >= 0.6 is 0 Å². The van der Waals surface area contributed by atoms with Crippen molar-refractivity contribution in [3.8, 4) is 16.8 Å². The zero-order chi connectivity index (χ0) is 33.8. The molecule has 0 bridgehead atoms. The topological polar surface area (TPSA) is 8.17 Å². The predicted molar refractivity (Wildman–Crippen MR) is 213 cm³/mol. The number of fused-ring (bicyclic) bond motifs is 5. The van der Waals surface area contributed by atoms with Gasteiger partial charge in [0, 0.05) is 28.0 Å². The molecule has 8 aromatic rings. The Morgan fingerprint density at radius 2 is 1.02 bits per heavy atom. The summed E-state index contributed by atoms with van der Waals surface area (Å²) in [4.78, 5) is 2.46. The van der Waals surface area contributed by atoms with Crippen LogP contribution in [0.25, 0.3) is 33.8 Å². The van der Waals surface area contributed by atoms with E-state index in [-0.39, 0.29) is 0 Å². The summed E-state index contributed by atoms with van der Waals surface area (Å²) in [7, 11) is 0. The monoisotopic (exact) mass is 652 g/mol. The van der Waals surface area contributed by atoms with Crippen molar-refractivity contribution in [2.75, 3.05) is 4.90 Å². The van der Waals surface area contributed by atoms with Crippen molar-refractivity contribution in [1.82, 2.24) is 4.57 Å². The van der Waals surface area contributed by atoms with Crippen LogP contribution < -0.4 is 4.90 Å². The lowest BCUT2D eigenvalue weighted by Gasteiger charge is -2.46. The summed E-state index contributed by atoms with van der Waals surface area (Å²) in [5.41, 5.74) is 15.7. The number of rotatable bonds is 5. The van der Waals surface area contributed by atoms with Gasteiger partial charge in [0.15, 0.2) is 0 Å². The number of benzene rings is 7. The second-order valence-electron chi connectivity index (χ2n) is 13.6. The molecule has 2 aliphatic rings. The standard InChI is InChI=1S/C49H36N2/c1-3-19-37(20-4-1)49(38-21-5-2-6-22-38)43-27-9-13-31-47(43)51(48-32-14-10-28-44(48)49)40-24-16-18-36(34-40)35-17-15-23-39(33-35)50-45-29-11-7-25-41(45)42-26-8-12-30-46(42)50/h1-11,13-29,31-34H,12,30H2. The second-order valence-corrected chi connectivity index (χ2v) is 13.6. The van der Waals surface area contributed by atoms with Gasteiger partial charge < -0.3 is 9.47 Å². The zero-order valence-corrected chi connectivity index (χ0v) is 28.3. The van der Waals surface area contributed by atoms with Gasteiger partial charge >= 0.3 is 0 Å². The number of nitrogens with zero attached hydrogens (tertiary/aromatic N) is 2. The van der Waals surface area contributed by atoms with E-state index in [9.17, 15) is 0 Å². The molecule has 1 aromatic heterocycles. The van der Waals surface area contributed by atoms with Crippen molar-refractivity contribution < 1.29 is 0 Å². The first kappa shape index (κ1) is 29.5. The molecule has 0 radical (unpaired) electrons. The molecule has 10 rings (SSSR count). The van der Waals surface area contributed by atoms with E-state index < -0.39 is 5.41 Å². The van der Waals surface area contributed by atoms with Crippen LogP contribution in [0.4, 0.5) is 17.1 Å². The minimum absolute atomic E-state index is 0.480. The van der Waals surface area contributed by atoms with Gasteiger partial charge in [-0.25, -0.2) is 0 Å². The maximum atomic E-state index is 2.48. The first-order valence-electron chi connectivity index (χ1n) is 17.9. The molecule has 1 aliphatic heterocycles. The van der Waals surface area contributed by atoms with Crippen LogP contribution in [-0.2, 0) is 11.8 Å². The third-order valence-electron chi connectivity index (χ3n) is 10.9. The fraction of sp³-hybridized carbons (Fsp3) is 0.0612. The maximum Gasteiger partial charge on any atom is 0.0742 e. The number of allylic oxidation sites excluding steroid dienone is 1. The highest BCUT2D eigenvalue weighted by Gasteiger charge is 2.46. The number of aromatic nitrogens is 1. The smallest absolute Gasteiger partial charge is 0.0742 e. The van der Waals surface area contributed by atoms with Crippen LogP contribution in [0.5, 0.6) is 0 Å². The number of hydrogen-bond acceptors (Lipinski definition) is 1. The molecule has 2 nitrogen and oxygen atoms in total. The van der Waals surface area contributed by atoms with Gasteiger partial charge in [-0.1, -0.05) is 152 Å². The molecule has 51 heavy (non-hydrogen) atoms. The van der Waals surface area contributed by atoms with Crippen LogP contribution in [0.3, 0.4) is 0 Å². The van der Waals surface area contributed by atoms with Crippen molar-refractivity contribution in [1.29, 1.82) is 0 Å². The highest BCUT2D eigenvalue weighted by Crippen LogP contribution is 2.57. The van der Waals surface area contributed by atoms with E-state index in [1.165, 1.54) is 72.6 Å². The Morgan fingerprint density at radius 1 is 0.471 bits per heavy atom. The summed E-state index contributed by atoms with van der Waals surface area (Å²) in [6.07, 6.45) is 6.73. The molecular weight excluding hydrogens is 617 g/mol. The van der Waals surface area contributed by atoms with E-state index in [1.54, 1.807) is 0 Å². The first-order valence-corrected chi connectivity index (χ1v) is 17.9. The third kappa shape index (κ3) is 4.50. The first-order chi connectivity index (χ1) is 25.3. The van der Waals surface area contributed by atoms with Crippen LogP contribution in [0, 0.1) is 0 Å². The lowest BCUT2D eigenvalue weighted by atomic mass is 9.62. The van der Waals surface area contributed by atoms with E-state index in [0.717, 1.165) is 18.5 Å². The van der Waals surface area contributed by atoms with Crippen LogP contribution in [-0.4, -0.2) is 4.57 Å². The lowest BCUT2D eigenvalue weighted by molar-refractivity contribution is 0.731. The van der Waals surface area contributed by atoms with Crippen molar-refractivity contribution in [3.05, 3.63) is 222 Å². The Morgan fingerprint density at radius 3 is 1.69 bits per heavy atom. The predicted octanol–water partition coefficient (Wildman–Crippen LogP) is 12.4. The average molecular weight is 653 g/mol. The van der Waals surface area contributed by atoms with E-state index in [0.29, 0.717) is 0 Å². The highest BCUT2D eigenvalue weighted by atomic mass is 15.2. The second kappa shape index (κ2) is 11.9. The molecule has 1 aliphatic carbocycles. The summed E-state index contributed by atoms with van der Waals surface area (Å²) in [5, 5.41) is 1.32. The van der Waals surface area contributed by atoms with Crippen LogP contribution in [0.1, 0.15) is 39.9 Å². The van der Waals surface area contributed by atoms with Gasteiger partial charge in [0.1, 0.15) is 0 Å². The van der Waals surface area contributed by atoms with E-state index in [4.69, 9.17) is 0 Å². The summed E-state index contributed by atoms with van der Waals surface area (Å²) in [6, 6.07) is 66.9. The van der Waals surface area contributed by atoms with Crippen LogP contribution in [0.2, 0.25) is 0 Å². The SMILES string of the molecule is C1=Cc2c(n(-c3cccc(-c4cccc(N5c6ccccc6C(c6ccccc6)(c6ccccc6)c6ccccc65)c4)c3)c3ccccc23)CC1. The van der Waals surface area contributed by atoms with E-state index in [1.807, 2.05) is 0 Å². The Kier molecular flexibility index (Phi) is 6.89. The average Bonchev–Trinajstić information content (AvgIpc) is 3.55. The number of hydrogen-bond donors (Lipinski definition) is 0. The third-order valence-corrected chi connectivity index (χ3v) is 10.9. The maximum absolute atomic E-state index is 2.48. The molecule has 0 atom stereocenters. The molecule has 242 valence electrons. The van der Waals surface area contributed by atoms with Gasteiger partial charge in [0.25, 0.3) is 0 Å². The largest absolute Gasteiger partial charge is 0.313 e. The van der Waals surface area contributed by atoms with Crippen molar-refractivity contribution in [3.63, 3.8) is 0 Å². The molecule has 0 fully saturated rings. The molecule has 2 heterocycles. The zero-order valence-electron chi connectivity index (χ0n) is 28.3. The van der Waals surface area contributed by atoms with Crippen molar-refractivity contribution in [2.24, 2.45) is 0 Å². The molecule has 0 unspecified atom stereocenters. The fourth-order valence-corrected chi connectivity index (χ4v) is 8.80. The summed E-state index contributed by atoms with van der Waals surface area (Å²) >= 11 is 0. The quantitative estimate of drug-likeness (QED) is 0.180. The Balaban J connectivity index is 1.15. The normalized spacial score (nSPS) is 14.2.